The van der Waals surface area contributed by atoms with Crippen LogP contribution in [0.4, 0.5) is 13.2 Å². The van der Waals surface area contributed by atoms with Gasteiger partial charge in [0.05, 0.1) is 22.2 Å². The normalized spacial score (nSPS) is 20.8. The molecule has 0 spiro atoms. The number of aromatic nitrogens is 1. The second-order valence-electron chi connectivity index (χ2n) is 5.99. The molecule has 2 heterocycles. The zero-order valence-electron chi connectivity index (χ0n) is 13.6. The topological polar surface area (TPSA) is 62.3 Å². The number of halogens is 3. The lowest BCUT2D eigenvalue weighted by Gasteiger charge is -2.39. The van der Waals surface area contributed by atoms with Crippen LogP contribution in [0, 0.1) is 5.92 Å². The van der Waals surface area contributed by atoms with Gasteiger partial charge in [0.2, 0.25) is 5.91 Å². The molecule has 1 fully saturated rings. The molecular formula is C17H16F3N3O2S. The van der Waals surface area contributed by atoms with Gasteiger partial charge in [-0.05, 0) is 24.6 Å². The number of nitrogens with one attached hydrogen (secondary N) is 1. The number of rotatable bonds is 3. The largest absolute Gasteiger partial charge is 0.393 e. The number of amides is 2. The fourth-order valence-corrected chi connectivity index (χ4v) is 3.95. The zero-order chi connectivity index (χ0) is 18.9. The molecule has 1 aromatic carbocycles. The molecule has 2 unspecified atom stereocenters. The van der Waals surface area contributed by atoms with Crippen LogP contribution in [0.5, 0.6) is 0 Å². The van der Waals surface area contributed by atoms with Crippen molar-refractivity contribution in [2.45, 2.75) is 18.6 Å². The standard InChI is InChI=1S/C17H16F3N3O2S/c1-2-14(24)21-12-9-23(8-7-10(12)17(18,19)20)16(25)15-22-11-5-3-4-6-13(11)26-15/h2-6,10,12H,1,7-9H2,(H,21,24). The first-order valence-electron chi connectivity index (χ1n) is 7.94. The number of hydrogen-bond donors (Lipinski definition) is 1. The van der Waals surface area contributed by atoms with Crippen LogP contribution in [0.1, 0.15) is 16.2 Å². The second kappa shape index (κ2) is 7.06. The third-order valence-electron chi connectivity index (χ3n) is 4.31. The van der Waals surface area contributed by atoms with E-state index in [1.807, 2.05) is 12.1 Å². The Labute approximate surface area is 151 Å². The molecule has 0 aliphatic carbocycles. The molecule has 1 N–H and O–H groups in total. The molecule has 0 radical (unpaired) electrons. The molecule has 1 aliphatic heterocycles. The van der Waals surface area contributed by atoms with Gasteiger partial charge in [0, 0.05) is 13.1 Å². The second-order valence-corrected chi connectivity index (χ2v) is 7.02. The summed E-state index contributed by atoms with van der Waals surface area (Å²) in [6.07, 6.45) is -3.81. The Hall–Kier alpha value is -2.42. The number of alkyl halides is 3. The highest BCUT2D eigenvalue weighted by Crippen LogP contribution is 2.35. The lowest BCUT2D eigenvalue weighted by molar-refractivity contribution is -0.191. The van der Waals surface area contributed by atoms with Crippen LogP contribution in [0.15, 0.2) is 36.9 Å². The summed E-state index contributed by atoms with van der Waals surface area (Å²) in [7, 11) is 0. The Morgan fingerprint density at radius 3 is 2.73 bits per heavy atom. The van der Waals surface area contributed by atoms with Gasteiger partial charge in [-0.25, -0.2) is 4.98 Å². The highest BCUT2D eigenvalue weighted by atomic mass is 32.1. The fraction of sp³-hybridized carbons (Fsp3) is 0.353. The van der Waals surface area contributed by atoms with E-state index in [-0.39, 0.29) is 24.5 Å². The Morgan fingerprint density at radius 1 is 1.35 bits per heavy atom. The number of fused-ring (bicyclic) bond motifs is 1. The Morgan fingerprint density at radius 2 is 2.08 bits per heavy atom. The van der Waals surface area contributed by atoms with Crippen molar-refractivity contribution in [2.75, 3.05) is 13.1 Å². The van der Waals surface area contributed by atoms with Crippen molar-refractivity contribution < 1.29 is 22.8 Å². The van der Waals surface area contributed by atoms with Crippen LogP contribution in [-0.2, 0) is 4.79 Å². The Balaban J connectivity index is 1.81. The number of para-hydroxylation sites is 1. The van der Waals surface area contributed by atoms with Crippen LogP contribution < -0.4 is 5.32 Å². The third kappa shape index (κ3) is 3.72. The van der Waals surface area contributed by atoms with Gasteiger partial charge < -0.3 is 10.2 Å². The number of likely N-dealkylation sites (tertiary alicyclic amines) is 1. The zero-order valence-corrected chi connectivity index (χ0v) is 14.4. The van der Waals surface area contributed by atoms with Crippen molar-refractivity contribution >= 4 is 33.4 Å². The quantitative estimate of drug-likeness (QED) is 0.829. The smallest absolute Gasteiger partial charge is 0.347 e. The number of benzene rings is 1. The number of carbonyl (C=O) groups excluding carboxylic acids is 2. The molecule has 1 saturated heterocycles. The lowest BCUT2D eigenvalue weighted by Crippen LogP contribution is -2.57. The van der Waals surface area contributed by atoms with Gasteiger partial charge in [-0.15, -0.1) is 11.3 Å². The van der Waals surface area contributed by atoms with E-state index in [0.717, 1.165) is 10.8 Å². The van der Waals surface area contributed by atoms with Crippen molar-refractivity contribution in [2.24, 2.45) is 5.92 Å². The Kier molecular flexibility index (Phi) is 4.99. The van der Waals surface area contributed by atoms with Crippen LogP contribution in [0.25, 0.3) is 10.2 Å². The molecular weight excluding hydrogens is 367 g/mol. The first kappa shape index (κ1) is 18.4. The summed E-state index contributed by atoms with van der Waals surface area (Å²) in [6.45, 7) is 2.99. The molecule has 3 rings (SSSR count). The van der Waals surface area contributed by atoms with Crippen molar-refractivity contribution in [1.29, 1.82) is 0 Å². The molecule has 2 amide bonds. The highest BCUT2D eigenvalue weighted by Gasteiger charge is 2.48. The Bertz CT molecular complexity index is 816. The number of piperidine rings is 1. The van der Waals surface area contributed by atoms with E-state index in [0.29, 0.717) is 5.52 Å². The molecule has 1 aliphatic rings. The minimum atomic E-state index is -4.45. The van der Waals surface area contributed by atoms with Crippen LogP contribution in [0.3, 0.4) is 0 Å². The minimum absolute atomic E-state index is 0.0423. The summed E-state index contributed by atoms with van der Waals surface area (Å²) in [5.41, 5.74) is 0.669. The monoisotopic (exact) mass is 383 g/mol. The van der Waals surface area contributed by atoms with Gasteiger partial charge >= 0.3 is 6.18 Å². The van der Waals surface area contributed by atoms with Crippen LogP contribution >= 0.6 is 11.3 Å². The predicted molar refractivity (Wildman–Crippen MR) is 91.8 cm³/mol. The summed E-state index contributed by atoms with van der Waals surface area (Å²) < 4.78 is 40.6. The fourth-order valence-electron chi connectivity index (χ4n) is 3.02. The average Bonchev–Trinajstić information content (AvgIpc) is 3.04. The van der Waals surface area contributed by atoms with E-state index in [1.165, 1.54) is 16.2 Å². The number of carbonyl (C=O) groups is 2. The van der Waals surface area contributed by atoms with Gasteiger partial charge in [-0.3, -0.25) is 9.59 Å². The summed E-state index contributed by atoms with van der Waals surface area (Å²) >= 11 is 1.20. The number of nitrogens with zero attached hydrogens (tertiary/aromatic N) is 2. The minimum Gasteiger partial charge on any atom is -0.347 e. The van der Waals surface area contributed by atoms with E-state index in [1.54, 1.807) is 12.1 Å². The molecule has 2 aromatic rings. The summed E-state index contributed by atoms with van der Waals surface area (Å²) in [6, 6.07) is 6.00. The van der Waals surface area contributed by atoms with E-state index < -0.39 is 30.0 Å². The molecule has 9 heteroatoms. The first-order valence-corrected chi connectivity index (χ1v) is 8.75. The molecule has 138 valence electrons. The number of hydrogen-bond acceptors (Lipinski definition) is 4. The molecule has 0 saturated carbocycles. The van der Waals surface area contributed by atoms with E-state index in [4.69, 9.17) is 0 Å². The molecule has 0 bridgehead atoms. The van der Waals surface area contributed by atoms with Crippen molar-refractivity contribution in [1.82, 2.24) is 15.2 Å². The number of thiazole rings is 1. The van der Waals surface area contributed by atoms with Gasteiger partial charge in [0.25, 0.3) is 5.91 Å². The summed E-state index contributed by atoms with van der Waals surface area (Å²) in [4.78, 5) is 29.8. The molecule has 26 heavy (non-hydrogen) atoms. The SMILES string of the molecule is C=CC(=O)NC1CN(C(=O)c2nc3ccccc3s2)CCC1C(F)(F)F. The molecule has 1 aromatic heterocycles. The van der Waals surface area contributed by atoms with Crippen molar-refractivity contribution in [3.05, 3.63) is 41.9 Å². The molecule has 2 atom stereocenters. The van der Waals surface area contributed by atoms with E-state index in [2.05, 4.69) is 16.9 Å². The summed E-state index contributed by atoms with van der Waals surface area (Å²) in [5, 5.41) is 2.53. The van der Waals surface area contributed by atoms with Gasteiger partial charge in [-0.1, -0.05) is 18.7 Å². The maximum atomic E-state index is 13.2. The van der Waals surface area contributed by atoms with Crippen LogP contribution in [-0.4, -0.2) is 47.0 Å². The van der Waals surface area contributed by atoms with Gasteiger partial charge in [0.1, 0.15) is 0 Å². The lowest BCUT2D eigenvalue weighted by atomic mass is 9.90. The maximum Gasteiger partial charge on any atom is 0.393 e. The van der Waals surface area contributed by atoms with E-state index >= 15 is 0 Å². The highest BCUT2D eigenvalue weighted by molar-refractivity contribution is 7.20. The molecule has 5 nitrogen and oxygen atoms in total. The first-order chi connectivity index (χ1) is 12.3. The summed E-state index contributed by atoms with van der Waals surface area (Å²) in [5.74, 6) is -2.82. The maximum absolute atomic E-state index is 13.2. The van der Waals surface area contributed by atoms with Crippen LogP contribution in [0.2, 0.25) is 0 Å². The van der Waals surface area contributed by atoms with Crippen molar-refractivity contribution in [3.63, 3.8) is 0 Å². The average molecular weight is 383 g/mol. The van der Waals surface area contributed by atoms with Gasteiger partial charge in [-0.2, -0.15) is 13.2 Å². The predicted octanol–water partition coefficient (Wildman–Crippen LogP) is 2.99. The van der Waals surface area contributed by atoms with Gasteiger partial charge in [0.15, 0.2) is 5.01 Å². The third-order valence-corrected chi connectivity index (χ3v) is 5.33. The van der Waals surface area contributed by atoms with E-state index in [9.17, 15) is 22.8 Å². The van der Waals surface area contributed by atoms with Crippen molar-refractivity contribution in [3.8, 4) is 0 Å².